The first kappa shape index (κ1) is 15.1. The van der Waals surface area contributed by atoms with Crippen molar-refractivity contribution >= 4 is 17.5 Å². The minimum absolute atomic E-state index is 0.0302. The Kier molecular flexibility index (Phi) is 5.26. The maximum atomic E-state index is 12.5. The molecule has 0 unspecified atom stereocenters. The Labute approximate surface area is 125 Å². The minimum Gasteiger partial charge on any atom is -0.479 e. The Morgan fingerprint density at radius 3 is 3.00 bits per heavy atom. The van der Waals surface area contributed by atoms with Gasteiger partial charge < -0.3 is 15.0 Å². The molecule has 1 aromatic rings. The largest absolute Gasteiger partial charge is 0.479 e. The van der Waals surface area contributed by atoms with E-state index in [-0.39, 0.29) is 11.9 Å². The van der Waals surface area contributed by atoms with Crippen LogP contribution in [0.15, 0.2) is 24.3 Å². The van der Waals surface area contributed by atoms with E-state index in [2.05, 4.69) is 5.32 Å². The number of likely N-dealkylation sites (tertiary alicyclic amines) is 1. The summed E-state index contributed by atoms with van der Waals surface area (Å²) in [5.74, 6) is 0.585. The maximum absolute atomic E-state index is 12.5. The van der Waals surface area contributed by atoms with E-state index in [4.69, 9.17) is 16.3 Å². The van der Waals surface area contributed by atoms with Crippen LogP contribution in [0.25, 0.3) is 0 Å². The lowest BCUT2D eigenvalue weighted by Gasteiger charge is -2.27. The summed E-state index contributed by atoms with van der Waals surface area (Å²) in [4.78, 5) is 14.4. The first-order chi connectivity index (χ1) is 9.63. The Bertz CT molecular complexity index is 467. The highest BCUT2D eigenvalue weighted by atomic mass is 35.5. The highest BCUT2D eigenvalue weighted by molar-refractivity contribution is 6.32. The van der Waals surface area contributed by atoms with Gasteiger partial charge in [-0.15, -0.1) is 0 Å². The molecule has 4 nitrogen and oxygen atoms in total. The van der Waals surface area contributed by atoms with Crippen molar-refractivity contribution in [2.24, 2.45) is 0 Å². The van der Waals surface area contributed by atoms with Gasteiger partial charge in [0.15, 0.2) is 6.10 Å². The highest BCUT2D eigenvalue weighted by Crippen LogP contribution is 2.25. The second-order valence-corrected chi connectivity index (χ2v) is 5.48. The molecular weight excluding hydrogens is 276 g/mol. The van der Waals surface area contributed by atoms with Crippen LogP contribution in [0.1, 0.15) is 19.8 Å². The second-order valence-electron chi connectivity index (χ2n) is 5.08. The molecule has 1 fully saturated rings. The van der Waals surface area contributed by atoms with Crippen molar-refractivity contribution in [2.75, 3.05) is 20.1 Å². The monoisotopic (exact) mass is 296 g/mol. The van der Waals surface area contributed by atoms with Crippen molar-refractivity contribution in [2.45, 2.75) is 31.9 Å². The predicted molar refractivity (Wildman–Crippen MR) is 80.2 cm³/mol. The SMILES string of the molecule is CNC[C@H]1CCCN1C(=O)[C@@H](C)Oc1ccccc1Cl. The van der Waals surface area contributed by atoms with Crippen LogP contribution in [0.5, 0.6) is 5.75 Å². The number of nitrogens with zero attached hydrogens (tertiary/aromatic N) is 1. The molecule has 20 heavy (non-hydrogen) atoms. The Morgan fingerprint density at radius 1 is 1.55 bits per heavy atom. The van der Waals surface area contributed by atoms with E-state index in [9.17, 15) is 4.79 Å². The number of hydrogen-bond donors (Lipinski definition) is 1. The molecule has 0 saturated carbocycles. The van der Waals surface area contributed by atoms with Crippen LogP contribution in [0.4, 0.5) is 0 Å². The van der Waals surface area contributed by atoms with Crippen LogP contribution in [0.2, 0.25) is 5.02 Å². The zero-order chi connectivity index (χ0) is 14.5. The number of likely N-dealkylation sites (N-methyl/N-ethyl adjacent to an activating group) is 1. The maximum Gasteiger partial charge on any atom is 0.263 e. The van der Waals surface area contributed by atoms with Crippen molar-refractivity contribution in [3.05, 3.63) is 29.3 Å². The quantitative estimate of drug-likeness (QED) is 0.907. The Morgan fingerprint density at radius 2 is 2.30 bits per heavy atom. The van der Waals surface area contributed by atoms with Crippen molar-refractivity contribution in [3.8, 4) is 5.75 Å². The van der Waals surface area contributed by atoms with Gasteiger partial charge in [-0.05, 0) is 38.9 Å². The molecule has 1 amide bonds. The molecule has 0 bridgehead atoms. The smallest absolute Gasteiger partial charge is 0.263 e. The van der Waals surface area contributed by atoms with Gasteiger partial charge in [-0.2, -0.15) is 0 Å². The fourth-order valence-corrected chi connectivity index (χ4v) is 2.77. The van der Waals surface area contributed by atoms with Crippen LogP contribution in [0.3, 0.4) is 0 Å². The van der Waals surface area contributed by atoms with Crippen LogP contribution >= 0.6 is 11.6 Å². The number of para-hydroxylation sites is 1. The van der Waals surface area contributed by atoms with Crippen molar-refractivity contribution in [1.82, 2.24) is 10.2 Å². The average Bonchev–Trinajstić information content (AvgIpc) is 2.89. The molecule has 0 aliphatic carbocycles. The molecule has 1 N–H and O–H groups in total. The standard InChI is InChI=1S/C15H21ClN2O2/c1-11(20-14-8-4-3-7-13(14)16)15(19)18-9-5-6-12(18)10-17-2/h3-4,7-8,11-12,17H,5-6,9-10H2,1-2H3/t11-,12-/m1/s1. The van der Waals surface area contributed by atoms with E-state index < -0.39 is 6.10 Å². The van der Waals surface area contributed by atoms with Gasteiger partial charge >= 0.3 is 0 Å². The lowest BCUT2D eigenvalue weighted by Crippen LogP contribution is -2.46. The van der Waals surface area contributed by atoms with Gasteiger partial charge in [0, 0.05) is 19.1 Å². The van der Waals surface area contributed by atoms with Crippen LogP contribution in [0, 0.1) is 0 Å². The number of rotatable bonds is 5. The van der Waals surface area contributed by atoms with Crippen molar-refractivity contribution < 1.29 is 9.53 Å². The summed E-state index contributed by atoms with van der Waals surface area (Å²) in [5.41, 5.74) is 0. The number of hydrogen-bond acceptors (Lipinski definition) is 3. The lowest BCUT2D eigenvalue weighted by atomic mass is 10.2. The molecule has 0 aromatic heterocycles. The zero-order valence-corrected chi connectivity index (χ0v) is 12.7. The molecule has 1 aromatic carbocycles. The summed E-state index contributed by atoms with van der Waals surface area (Å²) in [6.07, 6.45) is 1.58. The van der Waals surface area contributed by atoms with E-state index in [1.807, 2.05) is 24.1 Å². The molecule has 2 rings (SSSR count). The van der Waals surface area contributed by atoms with Crippen molar-refractivity contribution in [3.63, 3.8) is 0 Å². The van der Waals surface area contributed by atoms with Gasteiger partial charge in [-0.3, -0.25) is 4.79 Å². The molecule has 2 atom stereocenters. The van der Waals surface area contributed by atoms with Crippen molar-refractivity contribution in [1.29, 1.82) is 0 Å². The molecule has 5 heteroatoms. The second kappa shape index (κ2) is 6.95. The number of ether oxygens (including phenoxy) is 1. The molecule has 1 heterocycles. The van der Waals surface area contributed by atoms with Gasteiger partial charge in [0.2, 0.25) is 0 Å². The van der Waals surface area contributed by atoms with E-state index in [0.29, 0.717) is 10.8 Å². The zero-order valence-electron chi connectivity index (χ0n) is 11.9. The number of carbonyl (C=O) groups is 1. The lowest BCUT2D eigenvalue weighted by molar-refractivity contribution is -0.138. The third-order valence-corrected chi connectivity index (χ3v) is 3.90. The summed E-state index contributed by atoms with van der Waals surface area (Å²) in [6, 6.07) is 7.49. The number of amides is 1. The molecule has 1 aliphatic rings. The Hall–Kier alpha value is -1.26. The molecule has 0 spiro atoms. The van der Waals surface area contributed by atoms with Gasteiger partial charge in [0.05, 0.1) is 5.02 Å². The first-order valence-corrected chi connectivity index (χ1v) is 7.37. The number of benzene rings is 1. The molecule has 1 saturated heterocycles. The summed E-state index contributed by atoms with van der Waals surface area (Å²) in [5, 5.41) is 3.66. The van der Waals surface area contributed by atoms with E-state index in [1.54, 1.807) is 19.1 Å². The summed E-state index contributed by atoms with van der Waals surface area (Å²) >= 11 is 6.05. The van der Waals surface area contributed by atoms with Crippen LogP contribution in [-0.2, 0) is 4.79 Å². The fourth-order valence-electron chi connectivity index (χ4n) is 2.59. The molecular formula is C15H21ClN2O2. The van der Waals surface area contributed by atoms with E-state index in [0.717, 1.165) is 25.9 Å². The van der Waals surface area contributed by atoms with Gasteiger partial charge in [-0.25, -0.2) is 0 Å². The first-order valence-electron chi connectivity index (χ1n) is 6.99. The van der Waals surface area contributed by atoms with E-state index in [1.165, 1.54) is 0 Å². The Balaban J connectivity index is 2.00. The topological polar surface area (TPSA) is 41.6 Å². The summed E-state index contributed by atoms with van der Waals surface area (Å²) in [6.45, 7) is 3.41. The fraction of sp³-hybridized carbons (Fsp3) is 0.533. The van der Waals surface area contributed by atoms with Gasteiger partial charge in [0.1, 0.15) is 5.75 Å². The molecule has 1 aliphatic heterocycles. The minimum atomic E-state index is -0.521. The third kappa shape index (κ3) is 3.44. The van der Waals surface area contributed by atoms with Gasteiger partial charge in [-0.1, -0.05) is 23.7 Å². The van der Waals surface area contributed by atoms with Gasteiger partial charge in [0.25, 0.3) is 5.91 Å². The average molecular weight is 297 g/mol. The molecule has 0 radical (unpaired) electrons. The van der Waals surface area contributed by atoms with E-state index >= 15 is 0 Å². The third-order valence-electron chi connectivity index (χ3n) is 3.59. The van der Waals surface area contributed by atoms with Crippen LogP contribution in [-0.4, -0.2) is 43.1 Å². The normalized spacial score (nSPS) is 19.9. The highest BCUT2D eigenvalue weighted by Gasteiger charge is 2.31. The number of carbonyl (C=O) groups excluding carboxylic acids is 1. The number of halogens is 1. The molecule has 110 valence electrons. The summed E-state index contributed by atoms with van der Waals surface area (Å²) < 4.78 is 5.70. The predicted octanol–water partition coefficient (Wildman–Crippen LogP) is 2.32. The van der Waals surface area contributed by atoms with Crippen LogP contribution < -0.4 is 10.1 Å². The number of nitrogens with one attached hydrogen (secondary N) is 1. The summed E-state index contributed by atoms with van der Waals surface area (Å²) in [7, 11) is 1.91.